The van der Waals surface area contributed by atoms with Crippen LogP contribution in [-0.4, -0.2) is 30.0 Å². The monoisotopic (exact) mass is 348 g/mol. The molecule has 0 spiro atoms. The number of anilines is 1. The molecular weight excluding hydrogens is 328 g/mol. The highest BCUT2D eigenvalue weighted by atomic mass is 79.9. The number of hydrogen-bond acceptors (Lipinski definition) is 3. The minimum Gasteiger partial charge on any atom is -0.497 e. The summed E-state index contributed by atoms with van der Waals surface area (Å²) in [7, 11) is 1.71. The van der Waals surface area contributed by atoms with Crippen LogP contribution in [0.5, 0.6) is 5.75 Å². The van der Waals surface area contributed by atoms with Crippen LogP contribution >= 0.6 is 15.9 Å². The van der Waals surface area contributed by atoms with Crippen LogP contribution in [0.1, 0.15) is 25.7 Å². The van der Waals surface area contributed by atoms with Crippen molar-refractivity contribution in [1.29, 1.82) is 0 Å². The van der Waals surface area contributed by atoms with Crippen LogP contribution in [0.25, 0.3) is 10.8 Å². The molecule has 0 radical (unpaired) electrons. The van der Waals surface area contributed by atoms with E-state index in [0.29, 0.717) is 6.04 Å². The van der Waals surface area contributed by atoms with Crippen molar-refractivity contribution in [2.45, 2.75) is 31.7 Å². The zero-order valence-corrected chi connectivity index (χ0v) is 14.0. The Kier molecular flexibility index (Phi) is 4.63. The molecule has 1 saturated carbocycles. The van der Waals surface area contributed by atoms with E-state index in [1.165, 1.54) is 30.0 Å². The number of halogens is 1. The Morgan fingerprint density at radius 2 is 2.19 bits per heavy atom. The van der Waals surface area contributed by atoms with Crippen molar-refractivity contribution in [2.75, 3.05) is 23.9 Å². The highest BCUT2D eigenvalue weighted by molar-refractivity contribution is 9.09. The number of ether oxygens (including phenoxy) is 1. The van der Waals surface area contributed by atoms with E-state index in [4.69, 9.17) is 4.74 Å². The molecule has 4 heteroatoms. The number of nitrogens with zero attached hydrogens (tertiary/aromatic N) is 2. The Hall–Kier alpha value is -1.29. The quantitative estimate of drug-likeness (QED) is 0.724. The van der Waals surface area contributed by atoms with Crippen LogP contribution in [0.4, 0.5) is 5.82 Å². The molecule has 0 saturated heterocycles. The lowest BCUT2D eigenvalue weighted by molar-refractivity contribution is 0.385. The van der Waals surface area contributed by atoms with Gasteiger partial charge in [-0.1, -0.05) is 15.9 Å². The van der Waals surface area contributed by atoms with Crippen molar-refractivity contribution in [3.05, 3.63) is 30.5 Å². The Morgan fingerprint density at radius 1 is 1.33 bits per heavy atom. The maximum Gasteiger partial charge on any atom is 0.136 e. The van der Waals surface area contributed by atoms with Gasteiger partial charge >= 0.3 is 0 Å². The van der Waals surface area contributed by atoms with Crippen LogP contribution < -0.4 is 9.64 Å². The first kappa shape index (κ1) is 14.6. The van der Waals surface area contributed by atoms with Gasteiger partial charge in [-0.05, 0) is 55.3 Å². The predicted octanol–water partition coefficient (Wildman–Crippen LogP) is 4.39. The van der Waals surface area contributed by atoms with Crippen molar-refractivity contribution in [2.24, 2.45) is 0 Å². The molecular formula is C17H21BrN2O. The first-order chi connectivity index (χ1) is 10.3. The largest absolute Gasteiger partial charge is 0.497 e. The number of fused-ring (bicyclic) bond motifs is 1. The first-order valence-corrected chi connectivity index (χ1v) is 8.71. The Bertz CT molecular complexity index is 613. The first-order valence-electron chi connectivity index (χ1n) is 7.59. The molecule has 0 bridgehead atoms. The fraction of sp³-hybridized carbons (Fsp3) is 0.471. The summed E-state index contributed by atoms with van der Waals surface area (Å²) >= 11 is 3.54. The van der Waals surface area contributed by atoms with Gasteiger partial charge in [0, 0.05) is 29.5 Å². The third-order valence-electron chi connectivity index (χ3n) is 4.27. The summed E-state index contributed by atoms with van der Waals surface area (Å²) in [5, 5.41) is 3.46. The predicted molar refractivity (Wildman–Crippen MR) is 91.7 cm³/mol. The topological polar surface area (TPSA) is 25.4 Å². The van der Waals surface area contributed by atoms with Crippen LogP contribution in [0.15, 0.2) is 30.5 Å². The molecule has 0 atom stereocenters. The third kappa shape index (κ3) is 3.00. The van der Waals surface area contributed by atoms with E-state index in [1.54, 1.807) is 7.11 Å². The Labute approximate surface area is 134 Å². The molecule has 1 aliphatic rings. The summed E-state index contributed by atoms with van der Waals surface area (Å²) in [5.74, 6) is 2.02. The van der Waals surface area contributed by atoms with Gasteiger partial charge in [-0.2, -0.15) is 0 Å². The summed E-state index contributed by atoms with van der Waals surface area (Å²) < 4.78 is 5.33. The minimum atomic E-state index is 0.657. The zero-order chi connectivity index (χ0) is 14.7. The van der Waals surface area contributed by atoms with Gasteiger partial charge in [-0.15, -0.1) is 0 Å². The summed E-state index contributed by atoms with van der Waals surface area (Å²) in [6.45, 7) is 1.06. The van der Waals surface area contributed by atoms with Gasteiger partial charge in [-0.3, -0.25) is 0 Å². The molecule has 1 heterocycles. The number of pyridine rings is 1. The molecule has 0 unspecified atom stereocenters. The second-order valence-corrected chi connectivity index (χ2v) is 6.34. The molecule has 21 heavy (non-hydrogen) atoms. The standard InChI is InChI=1S/C17H21BrN2O/c1-21-15-6-7-16-13(12-15)8-10-19-17(16)20(11-3-9-18)14-4-2-5-14/h6-8,10,12,14H,2-5,9,11H2,1H3. The maximum atomic E-state index is 5.33. The summed E-state index contributed by atoms with van der Waals surface area (Å²) in [5.41, 5.74) is 0. The van der Waals surface area contributed by atoms with Crippen molar-refractivity contribution >= 4 is 32.5 Å². The number of alkyl halides is 1. The lowest BCUT2D eigenvalue weighted by Crippen LogP contribution is -2.41. The van der Waals surface area contributed by atoms with Crippen molar-refractivity contribution < 1.29 is 4.74 Å². The van der Waals surface area contributed by atoms with E-state index >= 15 is 0 Å². The van der Waals surface area contributed by atoms with E-state index in [9.17, 15) is 0 Å². The lowest BCUT2D eigenvalue weighted by atomic mass is 9.91. The van der Waals surface area contributed by atoms with E-state index in [0.717, 1.165) is 29.9 Å². The van der Waals surface area contributed by atoms with Gasteiger partial charge in [0.2, 0.25) is 0 Å². The highest BCUT2D eigenvalue weighted by Gasteiger charge is 2.26. The van der Waals surface area contributed by atoms with Crippen LogP contribution in [0.2, 0.25) is 0 Å². The summed E-state index contributed by atoms with van der Waals surface area (Å²) in [6.07, 6.45) is 6.97. The Morgan fingerprint density at radius 3 is 2.86 bits per heavy atom. The van der Waals surface area contributed by atoms with E-state index in [1.807, 2.05) is 12.3 Å². The van der Waals surface area contributed by atoms with Crippen LogP contribution in [-0.2, 0) is 0 Å². The molecule has 112 valence electrons. The van der Waals surface area contributed by atoms with Crippen molar-refractivity contribution in [1.82, 2.24) is 4.98 Å². The molecule has 3 rings (SSSR count). The minimum absolute atomic E-state index is 0.657. The second-order valence-electron chi connectivity index (χ2n) is 5.54. The molecule has 2 aromatic rings. The molecule has 1 aromatic carbocycles. The van der Waals surface area contributed by atoms with E-state index < -0.39 is 0 Å². The molecule has 1 fully saturated rings. The molecule has 3 nitrogen and oxygen atoms in total. The van der Waals surface area contributed by atoms with E-state index in [2.05, 4.69) is 44.0 Å². The smallest absolute Gasteiger partial charge is 0.136 e. The highest BCUT2D eigenvalue weighted by Crippen LogP contribution is 2.34. The number of rotatable bonds is 6. The van der Waals surface area contributed by atoms with Gasteiger partial charge in [0.05, 0.1) is 7.11 Å². The van der Waals surface area contributed by atoms with Crippen LogP contribution in [0.3, 0.4) is 0 Å². The average Bonchev–Trinajstić information content (AvgIpc) is 2.48. The van der Waals surface area contributed by atoms with Gasteiger partial charge < -0.3 is 9.64 Å². The van der Waals surface area contributed by atoms with Gasteiger partial charge in [0.15, 0.2) is 0 Å². The fourth-order valence-corrected chi connectivity index (χ4v) is 3.14. The van der Waals surface area contributed by atoms with Crippen molar-refractivity contribution in [3.63, 3.8) is 0 Å². The number of hydrogen-bond donors (Lipinski definition) is 0. The zero-order valence-electron chi connectivity index (χ0n) is 12.4. The SMILES string of the molecule is COc1ccc2c(N(CCCBr)C3CCC3)nccc2c1. The molecule has 0 amide bonds. The summed E-state index contributed by atoms with van der Waals surface area (Å²) in [6, 6.07) is 8.96. The average molecular weight is 349 g/mol. The number of aromatic nitrogens is 1. The Balaban J connectivity index is 1.99. The molecule has 0 N–H and O–H groups in total. The molecule has 1 aromatic heterocycles. The van der Waals surface area contributed by atoms with Gasteiger partial charge in [-0.25, -0.2) is 4.98 Å². The van der Waals surface area contributed by atoms with E-state index in [-0.39, 0.29) is 0 Å². The normalized spacial score (nSPS) is 15.0. The van der Waals surface area contributed by atoms with Gasteiger partial charge in [0.25, 0.3) is 0 Å². The fourth-order valence-electron chi connectivity index (χ4n) is 2.89. The third-order valence-corrected chi connectivity index (χ3v) is 4.83. The number of benzene rings is 1. The number of methoxy groups -OCH3 is 1. The molecule has 0 aliphatic heterocycles. The summed E-state index contributed by atoms with van der Waals surface area (Å²) in [4.78, 5) is 7.19. The molecule has 1 aliphatic carbocycles. The van der Waals surface area contributed by atoms with Crippen molar-refractivity contribution in [3.8, 4) is 5.75 Å². The second kappa shape index (κ2) is 6.65. The maximum absolute atomic E-state index is 5.33. The van der Waals surface area contributed by atoms with Gasteiger partial charge in [0.1, 0.15) is 11.6 Å². The lowest BCUT2D eigenvalue weighted by Gasteiger charge is -2.39. The van der Waals surface area contributed by atoms with Crippen LogP contribution in [0, 0.1) is 0 Å².